The molecule has 5 nitrogen and oxygen atoms in total. The Kier molecular flexibility index (Phi) is 7.10. The largest absolute Gasteiger partial charge is 0.345 e. The van der Waals surface area contributed by atoms with Gasteiger partial charge in [-0.15, -0.1) is 0 Å². The molecular formula is C28H27N3O2. The van der Waals surface area contributed by atoms with E-state index in [1.165, 1.54) is 16.3 Å². The first-order valence-electron chi connectivity index (χ1n) is 11.1. The third kappa shape index (κ3) is 5.83. The van der Waals surface area contributed by atoms with E-state index >= 15 is 0 Å². The maximum Gasteiger partial charge on any atom is 0.266 e. The summed E-state index contributed by atoms with van der Waals surface area (Å²) >= 11 is 0. The van der Waals surface area contributed by atoms with Gasteiger partial charge >= 0.3 is 0 Å². The number of hydrogen-bond acceptors (Lipinski definition) is 3. The minimum atomic E-state index is -0.217. The van der Waals surface area contributed by atoms with E-state index in [1.54, 1.807) is 6.07 Å². The molecule has 0 saturated heterocycles. The monoisotopic (exact) mass is 437 g/mol. The Morgan fingerprint density at radius 1 is 0.848 bits per heavy atom. The Morgan fingerprint density at radius 3 is 2.06 bits per heavy atom. The fourth-order valence-electron chi connectivity index (χ4n) is 3.76. The number of nitrogens with one attached hydrogen (secondary N) is 1. The van der Waals surface area contributed by atoms with Gasteiger partial charge in [-0.2, -0.15) is 5.10 Å². The van der Waals surface area contributed by atoms with Crippen molar-refractivity contribution < 1.29 is 4.79 Å². The second kappa shape index (κ2) is 10.6. The maximum atomic E-state index is 12.8. The number of carbonyl (C=O) groups excluding carboxylic acids is 1. The first-order chi connectivity index (χ1) is 16.1. The van der Waals surface area contributed by atoms with Crippen molar-refractivity contribution in [3.63, 3.8) is 0 Å². The van der Waals surface area contributed by atoms with Gasteiger partial charge in [0.25, 0.3) is 5.56 Å². The summed E-state index contributed by atoms with van der Waals surface area (Å²) in [6.45, 7) is 2.41. The van der Waals surface area contributed by atoms with Crippen LogP contribution in [0.15, 0.2) is 102 Å². The van der Waals surface area contributed by atoms with E-state index in [2.05, 4.69) is 10.4 Å². The molecule has 3 aromatic carbocycles. The van der Waals surface area contributed by atoms with Gasteiger partial charge in [-0.25, -0.2) is 4.68 Å². The Labute approximate surface area is 193 Å². The van der Waals surface area contributed by atoms with Gasteiger partial charge in [0.1, 0.15) is 0 Å². The van der Waals surface area contributed by atoms with E-state index in [0.29, 0.717) is 19.4 Å². The van der Waals surface area contributed by atoms with Gasteiger partial charge < -0.3 is 5.32 Å². The van der Waals surface area contributed by atoms with Crippen molar-refractivity contribution in [2.75, 3.05) is 0 Å². The van der Waals surface area contributed by atoms with Gasteiger partial charge in [0.2, 0.25) is 5.91 Å². The van der Waals surface area contributed by atoms with Gasteiger partial charge in [0, 0.05) is 24.6 Å². The molecule has 0 atom stereocenters. The molecule has 0 spiro atoms. The lowest BCUT2D eigenvalue weighted by atomic mass is 9.98. The zero-order chi connectivity index (χ0) is 23.0. The molecule has 0 radical (unpaired) electrons. The average Bonchev–Trinajstić information content (AvgIpc) is 2.85. The smallest absolute Gasteiger partial charge is 0.266 e. The van der Waals surface area contributed by atoms with Crippen LogP contribution < -0.4 is 10.9 Å². The van der Waals surface area contributed by atoms with E-state index in [-0.39, 0.29) is 17.5 Å². The molecule has 0 fully saturated rings. The topological polar surface area (TPSA) is 64.0 Å². The Morgan fingerprint density at radius 2 is 1.45 bits per heavy atom. The molecule has 1 aromatic heterocycles. The summed E-state index contributed by atoms with van der Waals surface area (Å²) in [6.07, 6.45) is 0.825. The maximum absolute atomic E-state index is 12.8. The normalized spacial score (nSPS) is 10.8. The summed E-state index contributed by atoms with van der Waals surface area (Å²) in [5.74, 6) is -0.0598. The molecule has 4 rings (SSSR count). The molecule has 1 heterocycles. The quantitative estimate of drug-likeness (QED) is 0.426. The van der Waals surface area contributed by atoms with Crippen LogP contribution in [0.1, 0.15) is 35.6 Å². The van der Waals surface area contributed by atoms with E-state index in [4.69, 9.17) is 0 Å². The summed E-state index contributed by atoms with van der Waals surface area (Å²) in [4.78, 5) is 25.1. The van der Waals surface area contributed by atoms with Crippen molar-refractivity contribution in [1.29, 1.82) is 0 Å². The number of carbonyl (C=O) groups is 1. The Balaban J connectivity index is 1.41. The molecule has 0 aliphatic carbocycles. The molecule has 33 heavy (non-hydrogen) atoms. The highest BCUT2D eigenvalue weighted by Gasteiger charge is 2.16. The van der Waals surface area contributed by atoms with Crippen LogP contribution in [0.5, 0.6) is 0 Å². The van der Waals surface area contributed by atoms with Crippen LogP contribution >= 0.6 is 0 Å². The van der Waals surface area contributed by atoms with Crippen LogP contribution in [0.3, 0.4) is 0 Å². The zero-order valence-electron chi connectivity index (χ0n) is 18.6. The van der Waals surface area contributed by atoms with E-state index in [1.807, 2.05) is 91.9 Å². The van der Waals surface area contributed by atoms with Gasteiger partial charge in [0.05, 0.1) is 11.7 Å². The molecule has 166 valence electrons. The van der Waals surface area contributed by atoms with Gasteiger partial charge in [-0.3, -0.25) is 9.59 Å². The van der Waals surface area contributed by atoms with Crippen LogP contribution in [0.25, 0.3) is 11.3 Å². The molecule has 4 aromatic rings. The lowest BCUT2D eigenvalue weighted by molar-refractivity contribution is -0.121. The molecule has 0 aliphatic rings. The minimum Gasteiger partial charge on any atom is -0.345 e. The lowest BCUT2D eigenvalue weighted by Gasteiger charge is -2.20. The molecule has 1 amide bonds. The fourth-order valence-corrected chi connectivity index (χ4v) is 3.76. The van der Waals surface area contributed by atoms with Crippen LogP contribution in [-0.4, -0.2) is 15.7 Å². The van der Waals surface area contributed by atoms with Gasteiger partial charge in [0.15, 0.2) is 0 Å². The molecule has 5 heteroatoms. The number of aromatic nitrogens is 2. The summed E-state index contributed by atoms with van der Waals surface area (Å²) in [5, 5.41) is 7.64. The third-order valence-corrected chi connectivity index (χ3v) is 5.56. The lowest BCUT2D eigenvalue weighted by Crippen LogP contribution is -2.30. The number of rotatable bonds is 8. The Bertz CT molecular complexity index is 1210. The summed E-state index contributed by atoms with van der Waals surface area (Å²) in [5.41, 5.74) is 4.76. The predicted octanol–water partition coefficient (Wildman–Crippen LogP) is 4.90. The highest BCUT2D eigenvalue weighted by atomic mass is 16.1. The second-order valence-corrected chi connectivity index (χ2v) is 8.07. The average molecular weight is 438 g/mol. The zero-order valence-corrected chi connectivity index (χ0v) is 18.6. The van der Waals surface area contributed by atoms with Gasteiger partial charge in [-0.05, 0) is 30.5 Å². The molecule has 0 bridgehead atoms. The SMILES string of the molecule is Cc1ccc(-c2ccc(=O)n(CCCC(=O)NC(c3ccccc3)c3ccccc3)n2)cc1. The van der Waals surface area contributed by atoms with Crippen LogP contribution in [0.4, 0.5) is 0 Å². The van der Waals surface area contributed by atoms with Crippen molar-refractivity contribution in [2.45, 2.75) is 32.4 Å². The first-order valence-corrected chi connectivity index (χ1v) is 11.1. The number of amides is 1. The van der Waals surface area contributed by atoms with Crippen LogP contribution in [-0.2, 0) is 11.3 Å². The molecule has 0 unspecified atom stereocenters. The van der Waals surface area contributed by atoms with Crippen molar-refractivity contribution in [3.8, 4) is 11.3 Å². The fraction of sp³-hybridized carbons (Fsp3) is 0.179. The van der Waals surface area contributed by atoms with Crippen molar-refractivity contribution in [1.82, 2.24) is 15.1 Å². The van der Waals surface area contributed by atoms with E-state index in [9.17, 15) is 9.59 Å². The van der Waals surface area contributed by atoms with Crippen molar-refractivity contribution in [2.24, 2.45) is 0 Å². The molecular weight excluding hydrogens is 410 g/mol. The predicted molar refractivity (Wildman–Crippen MR) is 131 cm³/mol. The van der Waals surface area contributed by atoms with Crippen molar-refractivity contribution in [3.05, 3.63) is 124 Å². The van der Waals surface area contributed by atoms with E-state index < -0.39 is 0 Å². The Hall–Kier alpha value is -3.99. The summed E-state index contributed by atoms with van der Waals surface area (Å²) in [7, 11) is 0. The van der Waals surface area contributed by atoms with Crippen molar-refractivity contribution >= 4 is 5.91 Å². The molecule has 1 N–H and O–H groups in total. The number of benzene rings is 3. The molecule has 0 saturated carbocycles. The number of nitrogens with zero attached hydrogens (tertiary/aromatic N) is 2. The minimum absolute atomic E-state index is 0.0598. The second-order valence-electron chi connectivity index (χ2n) is 8.07. The van der Waals surface area contributed by atoms with Gasteiger partial charge in [-0.1, -0.05) is 90.5 Å². The summed E-state index contributed by atoms with van der Waals surface area (Å²) < 4.78 is 1.44. The van der Waals surface area contributed by atoms with E-state index in [0.717, 1.165) is 22.4 Å². The first kappa shape index (κ1) is 22.2. The van der Waals surface area contributed by atoms with Crippen LogP contribution in [0, 0.1) is 6.92 Å². The summed E-state index contributed by atoms with van der Waals surface area (Å²) in [6, 6.07) is 30.9. The highest BCUT2D eigenvalue weighted by molar-refractivity contribution is 5.77. The third-order valence-electron chi connectivity index (χ3n) is 5.56. The van der Waals surface area contributed by atoms with Crippen LogP contribution in [0.2, 0.25) is 0 Å². The number of hydrogen-bond donors (Lipinski definition) is 1. The highest BCUT2D eigenvalue weighted by Crippen LogP contribution is 2.22. The standard InChI is InChI=1S/C28H27N3O2/c1-21-14-16-22(17-15-21)25-18-19-27(33)31(30-25)20-8-13-26(32)29-28(23-9-4-2-5-10-23)24-11-6-3-7-12-24/h2-7,9-12,14-19,28H,8,13,20H2,1H3,(H,29,32). The molecule has 0 aliphatic heterocycles. The number of aryl methyl sites for hydroxylation is 2.